The molecule has 1 aliphatic rings. The van der Waals surface area contributed by atoms with E-state index in [-0.39, 0.29) is 21.9 Å². The minimum absolute atomic E-state index is 0.218. The number of hydrogen-bond donors (Lipinski definition) is 1. The van der Waals surface area contributed by atoms with Gasteiger partial charge in [-0.15, -0.1) is 0 Å². The van der Waals surface area contributed by atoms with Crippen molar-refractivity contribution in [2.75, 3.05) is 6.26 Å². The maximum Gasteiger partial charge on any atom is 0.306 e. The first-order valence-electron chi connectivity index (χ1n) is 8.44. The number of hydrogen-bond acceptors (Lipinski definition) is 6. The average molecular weight is 411 g/mol. The lowest BCUT2D eigenvalue weighted by Crippen LogP contribution is -2.22. The van der Waals surface area contributed by atoms with Crippen LogP contribution < -0.4 is 9.92 Å². The van der Waals surface area contributed by atoms with Crippen LogP contribution in [-0.4, -0.2) is 25.7 Å². The number of carbonyl (C=O) groups is 1. The van der Waals surface area contributed by atoms with Gasteiger partial charge in [-0.1, -0.05) is 41.5 Å². The molecule has 1 aliphatic heterocycles. The Balaban J connectivity index is 2.76. The number of amides is 1. The second kappa shape index (κ2) is 6.98. The minimum Gasteiger partial charge on any atom is -0.382 e. The lowest BCUT2D eigenvalue weighted by molar-refractivity contribution is -0.113. The molecule has 1 amide bonds. The van der Waals surface area contributed by atoms with E-state index in [4.69, 9.17) is 9.92 Å². The van der Waals surface area contributed by atoms with Gasteiger partial charge in [-0.2, -0.15) is 13.4 Å². The van der Waals surface area contributed by atoms with Crippen LogP contribution in [-0.2, 0) is 25.7 Å². The second-order valence-electron chi connectivity index (χ2n) is 8.60. The van der Waals surface area contributed by atoms with Gasteiger partial charge in [0.05, 0.1) is 11.2 Å². The molecule has 1 aromatic rings. The molecule has 0 atom stereocenters. The van der Waals surface area contributed by atoms with Gasteiger partial charge >= 0.3 is 10.1 Å². The first-order valence-corrected chi connectivity index (χ1v) is 11.1. The Morgan fingerprint density at radius 1 is 1.07 bits per heavy atom. The fraction of sp³-hybridized carbons (Fsp3) is 0.474. The van der Waals surface area contributed by atoms with E-state index in [1.54, 1.807) is 6.08 Å². The molecule has 148 valence electrons. The lowest BCUT2D eigenvalue weighted by Gasteiger charge is -2.29. The normalized spacial score (nSPS) is 17.4. The zero-order valence-electron chi connectivity index (χ0n) is 16.7. The fourth-order valence-electron chi connectivity index (χ4n) is 2.67. The highest BCUT2D eigenvalue weighted by Crippen LogP contribution is 2.42. The number of thioether (sulfide) groups is 1. The molecule has 0 unspecified atom stereocenters. The minimum atomic E-state index is -3.70. The van der Waals surface area contributed by atoms with Gasteiger partial charge in [-0.05, 0) is 46.4 Å². The fourth-order valence-corrected chi connectivity index (χ4v) is 3.83. The Bertz CT molecular complexity index is 912. The van der Waals surface area contributed by atoms with Gasteiger partial charge < -0.3 is 9.92 Å². The second-order valence-corrected chi connectivity index (χ2v) is 11.2. The molecule has 0 saturated heterocycles. The van der Waals surface area contributed by atoms with Crippen LogP contribution >= 0.6 is 11.8 Å². The molecule has 0 radical (unpaired) electrons. The number of benzene rings is 1. The van der Waals surface area contributed by atoms with Crippen LogP contribution in [0.15, 0.2) is 22.0 Å². The van der Waals surface area contributed by atoms with Gasteiger partial charge in [0, 0.05) is 11.1 Å². The number of rotatable bonds is 3. The predicted octanol–water partition coefficient (Wildman–Crippen LogP) is 3.55. The molecule has 0 spiro atoms. The topological polar surface area (TPSA) is 98.8 Å². The molecule has 2 N–H and O–H groups in total. The van der Waals surface area contributed by atoms with Crippen molar-refractivity contribution in [2.45, 2.75) is 52.4 Å². The van der Waals surface area contributed by atoms with Crippen LogP contribution in [0.25, 0.3) is 6.08 Å². The van der Waals surface area contributed by atoms with E-state index < -0.39 is 10.1 Å². The lowest BCUT2D eigenvalue weighted by atomic mass is 9.78. The van der Waals surface area contributed by atoms with Crippen LogP contribution in [0.3, 0.4) is 0 Å². The van der Waals surface area contributed by atoms with Gasteiger partial charge in [-0.3, -0.25) is 4.79 Å². The number of amidine groups is 1. The van der Waals surface area contributed by atoms with Crippen molar-refractivity contribution in [3.63, 3.8) is 0 Å². The van der Waals surface area contributed by atoms with Gasteiger partial charge in [0.15, 0.2) is 5.17 Å². The largest absolute Gasteiger partial charge is 0.382 e. The Hall–Kier alpha value is -1.80. The maximum atomic E-state index is 11.9. The summed E-state index contributed by atoms with van der Waals surface area (Å²) in [6.07, 6.45) is 2.76. The smallest absolute Gasteiger partial charge is 0.306 e. The molecule has 0 aromatic heterocycles. The highest BCUT2D eigenvalue weighted by molar-refractivity contribution is 8.18. The summed E-state index contributed by atoms with van der Waals surface area (Å²) >= 11 is 1.12. The van der Waals surface area contributed by atoms with Crippen molar-refractivity contribution >= 4 is 39.0 Å². The summed E-state index contributed by atoms with van der Waals surface area (Å²) in [4.78, 5) is 16.1. The van der Waals surface area contributed by atoms with Gasteiger partial charge in [0.25, 0.3) is 5.91 Å². The summed E-state index contributed by atoms with van der Waals surface area (Å²) in [5.74, 6) is -0.0237. The molecule has 2 rings (SSSR count). The van der Waals surface area contributed by atoms with Crippen LogP contribution in [0, 0.1) is 0 Å². The van der Waals surface area contributed by atoms with E-state index in [1.165, 1.54) is 0 Å². The van der Waals surface area contributed by atoms with E-state index in [9.17, 15) is 13.2 Å². The average Bonchev–Trinajstić information content (AvgIpc) is 2.74. The third kappa shape index (κ3) is 5.35. The maximum absolute atomic E-state index is 11.9. The molecule has 0 bridgehead atoms. The molecule has 1 heterocycles. The van der Waals surface area contributed by atoms with Crippen molar-refractivity contribution in [3.8, 4) is 5.75 Å². The standard InChI is InChI=1S/C19H26N2O4S2/c1-18(2,3)12-8-11(10-14-16(22)21-17(20)26-14)9-13(19(4,5)6)15(12)25-27(7,23)24/h8-10H,1-7H3,(H2,20,21,22)/b14-10-. The van der Waals surface area contributed by atoms with Crippen molar-refractivity contribution in [1.82, 2.24) is 0 Å². The summed E-state index contributed by atoms with van der Waals surface area (Å²) in [6.45, 7) is 11.9. The molecule has 0 aliphatic carbocycles. The van der Waals surface area contributed by atoms with Crippen LogP contribution in [0.2, 0.25) is 0 Å². The van der Waals surface area contributed by atoms with Crippen LogP contribution in [0.1, 0.15) is 58.2 Å². The zero-order chi connectivity index (χ0) is 20.8. The third-order valence-electron chi connectivity index (χ3n) is 3.90. The van der Waals surface area contributed by atoms with Crippen molar-refractivity contribution in [2.24, 2.45) is 10.7 Å². The summed E-state index contributed by atoms with van der Waals surface area (Å²) in [6, 6.07) is 3.70. The molecule has 8 heteroatoms. The van der Waals surface area contributed by atoms with Crippen LogP contribution in [0.5, 0.6) is 5.75 Å². The predicted molar refractivity (Wildman–Crippen MR) is 112 cm³/mol. The highest BCUT2D eigenvalue weighted by atomic mass is 32.2. The molecule has 1 aromatic carbocycles. The monoisotopic (exact) mass is 410 g/mol. The first-order chi connectivity index (χ1) is 12.1. The van der Waals surface area contributed by atoms with E-state index in [0.717, 1.165) is 34.7 Å². The molecule has 0 fully saturated rings. The van der Waals surface area contributed by atoms with Crippen molar-refractivity contribution in [3.05, 3.63) is 33.7 Å². The SMILES string of the molecule is CC(C)(C)c1cc(/C=C2\SC(N)=NC2=O)cc(C(C)(C)C)c1OS(C)(=O)=O. The van der Waals surface area contributed by atoms with E-state index >= 15 is 0 Å². The Morgan fingerprint density at radius 2 is 1.56 bits per heavy atom. The molecular formula is C19H26N2O4S2. The Kier molecular flexibility index (Phi) is 5.56. The van der Waals surface area contributed by atoms with Crippen molar-refractivity contribution in [1.29, 1.82) is 0 Å². The molecular weight excluding hydrogens is 384 g/mol. The summed E-state index contributed by atoms with van der Waals surface area (Å²) in [7, 11) is -3.70. The summed E-state index contributed by atoms with van der Waals surface area (Å²) in [5, 5.41) is 0.218. The quantitative estimate of drug-likeness (QED) is 0.604. The van der Waals surface area contributed by atoms with E-state index in [1.807, 2.05) is 53.7 Å². The summed E-state index contributed by atoms with van der Waals surface area (Å²) in [5.41, 5.74) is 7.13. The Labute approximate surface area is 165 Å². The first kappa shape index (κ1) is 21.5. The molecule has 27 heavy (non-hydrogen) atoms. The number of carbonyl (C=O) groups excluding carboxylic acids is 1. The van der Waals surface area contributed by atoms with Crippen LogP contribution in [0.4, 0.5) is 0 Å². The van der Waals surface area contributed by atoms with E-state index in [2.05, 4.69) is 4.99 Å². The Morgan fingerprint density at radius 3 is 1.89 bits per heavy atom. The van der Waals surface area contributed by atoms with Gasteiger partial charge in [0.1, 0.15) is 5.75 Å². The number of nitrogens with two attached hydrogens (primary N) is 1. The highest BCUT2D eigenvalue weighted by Gasteiger charge is 2.30. The summed E-state index contributed by atoms with van der Waals surface area (Å²) < 4.78 is 29.2. The van der Waals surface area contributed by atoms with Gasteiger partial charge in [0.2, 0.25) is 0 Å². The third-order valence-corrected chi connectivity index (χ3v) is 5.18. The van der Waals surface area contributed by atoms with Crippen molar-refractivity contribution < 1.29 is 17.4 Å². The van der Waals surface area contributed by atoms with E-state index in [0.29, 0.717) is 10.7 Å². The number of nitrogens with zero attached hydrogens (tertiary/aromatic N) is 1. The molecule has 6 nitrogen and oxygen atoms in total. The molecule has 0 saturated carbocycles. The number of aliphatic imine (C=N–C) groups is 1. The zero-order valence-corrected chi connectivity index (χ0v) is 18.3. The van der Waals surface area contributed by atoms with Gasteiger partial charge in [-0.25, -0.2) is 0 Å².